The molecular weight excluding hydrogens is 274 g/mol. The van der Waals surface area contributed by atoms with Gasteiger partial charge in [0.05, 0.1) is 24.7 Å². The van der Waals surface area contributed by atoms with Crippen molar-refractivity contribution in [3.05, 3.63) is 28.3 Å². The van der Waals surface area contributed by atoms with E-state index in [0.717, 1.165) is 19.6 Å². The maximum absolute atomic E-state index is 11.1. The molecule has 1 heterocycles. The number of methoxy groups -OCH3 is 1. The molecule has 1 N–H and O–H groups in total. The van der Waals surface area contributed by atoms with E-state index >= 15 is 0 Å². The van der Waals surface area contributed by atoms with E-state index in [1.54, 1.807) is 12.1 Å². The first-order chi connectivity index (χ1) is 10.1. The first kappa shape index (κ1) is 15.5. The van der Waals surface area contributed by atoms with Crippen LogP contribution in [0.3, 0.4) is 0 Å². The van der Waals surface area contributed by atoms with Gasteiger partial charge in [-0.25, -0.2) is 0 Å². The standard InChI is InChI=1S/C14H21N3O4/c1-3-16-6-7-21-12(10-16)9-15-13-8-11(20-2)4-5-14(13)17(18)19/h4-5,8,12,15H,3,6-7,9-10H2,1-2H3. The Morgan fingerprint density at radius 2 is 2.38 bits per heavy atom. The monoisotopic (exact) mass is 295 g/mol. The predicted octanol–water partition coefficient (Wildman–Crippen LogP) is 1.74. The fourth-order valence-corrected chi connectivity index (χ4v) is 2.36. The first-order valence-corrected chi connectivity index (χ1v) is 7.04. The molecule has 1 unspecified atom stereocenters. The molecule has 0 radical (unpaired) electrons. The fraction of sp³-hybridized carbons (Fsp3) is 0.571. The number of nitrogens with zero attached hydrogens (tertiary/aromatic N) is 2. The summed E-state index contributed by atoms with van der Waals surface area (Å²) >= 11 is 0. The SMILES string of the molecule is CCN1CCOC(CNc2cc(OC)ccc2[N+](=O)[O-])C1. The third kappa shape index (κ3) is 4.05. The highest BCUT2D eigenvalue weighted by Gasteiger charge is 2.21. The maximum atomic E-state index is 11.1. The summed E-state index contributed by atoms with van der Waals surface area (Å²) in [5.74, 6) is 0.586. The molecule has 1 saturated heterocycles. The molecule has 0 amide bonds. The summed E-state index contributed by atoms with van der Waals surface area (Å²) in [6, 6.07) is 4.67. The lowest BCUT2D eigenvalue weighted by Crippen LogP contribution is -2.45. The predicted molar refractivity (Wildman–Crippen MR) is 80.0 cm³/mol. The number of nitro groups is 1. The van der Waals surface area contributed by atoms with Crippen LogP contribution in [0, 0.1) is 10.1 Å². The van der Waals surface area contributed by atoms with E-state index in [9.17, 15) is 10.1 Å². The normalized spacial score (nSPS) is 19.2. The maximum Gasteiger partial charge on any atom is 0.292 e. The van der Waals surface area contributed by atoms with Crippen molar-refractivity contribution in [2.24, 2.45) is 0 Å². The molecule has 7 heteroatoms. The van der Waals surface area contributed by atoms with E-state index in [1.165, 1.54) is 13.2 Å². The van der Waals surface area contributed by atoms with Crippen LogP contribution in [0.4, 0.5) is 11.4 Å². The summed E-state index contributed by atoms with van der Waals surface area (Å²) in [6.07, 6.45) is 0.0319. The van der Waals surface area contributed by atoms with Gasteiger partial charge in [-0.15, -0.1) is 0 Å². The molecular formula is C14H21N3O4. The summed E-state index contributed by atoms with van der Waals surface area (Å²) in [5, 5.41) is 14.2. The van der Waals surface area contributed by atoms with E-state index in [1.807, 2.05) is 0 Å². The van der Waals surface area contributed by atoms with Crippen molar-refractivity contribution in [1.82, 2.24) is 4.90 Å². The van der Waals surface area contributed by atoms with Crippen molar-refractivity contribution in [2.75, 3.05) is 45.2 Å². The van der Waals surface area contributed by atoms with Crippen LogP contribution >= 0.6 is 0 Å². The van der Waals surface area contributed by atoms with Crippen LogP contribution in [0.5, 0.6) is 5.75 Å². The van der Waals surface area contributed by atoms with Crippen LogP contribution in [0.2, 0.25) is 0 Å². The summed E-state index contributed by atoms with van der Waals surface area (Å²) in [7, 11) is 1.54. The first-order valence-electron chi connectivity index (χ1n) is 7.04. The molecule has 7 nitrogen and oxygen atoms in total. The number of likely N-dealkylation sites (N-methyl/N-ethyl adjacent to an activating group) is 1. The molecule has 1 aromatic carbocycles. The quantitative estimate of drug-likeness (QED) is 0.636. The lowest BCUT2D eigenvalue weighted by Gasteiger charge is -2.32. The van der Waals surface area contributed by atoms with Crippen molar-refractivity contribution in [3.8, 4) is 5.75 Å². The molecule has 1 aromatic rings. The fourth-order valence-electron chi connectivity index (χ4n) is 2.36. The number of benzene rings is 1. The van der Waals surface area contributed by atoms with Gasteiger partial charge in [0.2, 0.25) is 0 Å². The summed E-state index contributed by atoms with van der Waals surface area (Å²) in [6.45, 7) is 6.10. The average Bonchev–Trinajstić information content (AvgIpc) is 2.52. The highest BCUT2D eigenvalue weighted by molar-refractivity contribution is 5.64. The number of hydrogen-bond acceptors (Lipinski definition) is 6. The van der Waals surface area contributed by atoms with Gasteiger partial charge in [0.1, 0.15) is 11.4 Å². The number of anilines is 1. The van der Waals surface area contributed by atoms with Crippen molar-refractivity contribution in [3.63, 3.8) is 0 Å². The molecule has 1 atom stereocenters. The minimum absolute atomic E-state index is 0.0319. The van der Waals surface area contributed by atoms with Crippen LogP contribution < -0.4 is 10.1 Å². The van der Waals surface area contributed by atoms with E-state index in [4.69, 9.17) is 9.47 Å². The number of ether oxygens (including phenoxy) is 2. The van der Waals surface area contributed by atoms with E-state index in [0.29, 0.717) is 24.6 Å². The van der Waals surface area contributed by atoms with Crippen molar-refractivity contribution in [1.29, 1.82) is 0 Å². The Hall–Kier alpha value is -1.86. The number of hydrogen-bond donors (Lipinski definition) is 1. The Bertz CT molecular complexity index is 495. The number of rotatable bonds is 6. The van der Waals surface area contributed by atoms with Gasteiger partial charge >= 0.3 is 0 Å². The number of nitrogens with one attached hydrogen (secondary N) is 1. The lowest BCUT2D eigenvalue weighted by atomic mass is 10.2. The lowest BCUT2D eigenvalue weighted by molar-refractivity contribution is -0.384. The van der Waals surface area contributed by atoms with Gasteiger partial charge in [-0.05, 0) is 12.6 Å². The van der Waals surface area contributed by atoms with Crippen LogP contribution in [0.25, 0.3) is 0 Å². The second-order valence-electron chi connectivity index (χ2n) is 4.91. The Labute approximate surface area is 124 Å². The van der Waals surface area contributed by atoms with E-state index in [-0.39, 0.29) is 11.8 Å². The highest BCUT2D eigenvalue weighted by Crippen LogP contribution is 2.28. The van der Waals surface area contributed by atoms with Gasteiger partial charge < -0.3 is 14.8 Å². The zero-order chi connectivity index (χ0) is 15.2. The van der Waals surface area contributed by atoms with Gasteiger partial charge in [-0.2, -0.15) is 0 Å². The minimum atomic E-state index is -0.401. The average molecular weight is 295 g/mol. The zero-order valence-electron chi connectivity index (χ0n) is 12.4. The number of morpholine rings is 1. The molecule has 0 aliphatic carbocycles. The van der Waals surface area contributed by atoms with Crippen LogP contribution in [0.15, 0.2) is 18.2 Å². The summed E-state index contributed by atoms with van der Waals surface area (Å²) in [4.78, 5) is 13.0. The van der Waals surface area contributed by atoms with Crippen molar-refractivity contribution in [2.45, 2.75) is 13.0 Å². The van der Waals surface area contributed by atoms with Crippen LogP contribution in [-0.2, 0) is 4.74 Å². The van der Waals surface area contributed by atoms with Crippen molar-refractivity contribution < 1.29 is 14.4 Å². The second kappa shape index (κ2) is 7.24. The molecule has 0 aromatic heterocycles. The zero-order valence-corrected chi connectivity index (χ0v) is 12.4. The number of nitro benzene ring substituents is 1. The van der Waals surface area contributed by atoms with Gasteiger partial charge in [0, 0.05) is 31.8 Å². The molecule has 2 rings (SSSR count). The molecule has 1 fully saturated rings. The van der Waals surface area contributed by atoms with Gasteiger partial charge in [-0.3, -0.25) is 15.0 Å². The Morgan fingerprint density at radius 1 is 1.57 bits per heavy atom. The molecule has 21 heavy (non-hydrogen) atoms. The summed E-state index contributed by atoms with van der Waals surface area (Å²) in [5.41, 5.74) is 0.496. The molecule has 116 valence electrons. The van der Waals surface area contributed by atoms with E-state index < -0.39 is 4.92 Å². The van der Waals surface area contributed by atoms with Crippen LogP contribution in [0.1, 0.15) is 6.92 Å². The third-order valence-corrected chi connectivity index (χ3v) is 3.59. The third-order valence-electron chi connectivity index (χ3n) is 3.59. The molecule has 0 bridgehead atoms. The molecule has 1 aliphatic heterocycles. The topological polar surface area (TPSA) is 76.9 Å². The summed E-state index contributed by atoms with van der Waals surface area (Å²) < 4.78 is 10.8. The Morgan fingerprint density at radius 3 is 3.05 bits per heavy atom. The smallest absolute Gasteiger partial charge is 0.292 e. The van der Waals surface area contributed by atoms with E-state index in [2.05, 4.69) is 17.1 Å². The second-order valence-corrected chi connectivity index (χ2v) is 4.91. The Balaban J connectivity index is 2.02. The molecule has 0 saturated carbocycles. The molecule has 0 spiro atoms. The Kier molecular flexibility index (Phi) is 5.35. The highest BCUT2D eigenvalue weighted by atomic mass is 16.6. The van der Waals surface area contributed by atoms with Gasteiger partial charge in [0.25, 0.3) is 5.69 Å². The van der Waals surface area contributed by atoms with Gasteiger partial charge in [0.15, 0.2) is 0 Å². The van der Waals surface area contributed by atoms with Crippen molar-refractivity contribution >= 4 is 11.4 Å². The van der Waals surface area contributed by atoms with Crippen LogP contribution in [-0.4, -0.2) is 55.8 Å². The molecule has 1 aliphatic rings. The minimum Gasteiger partial charge on any atom is -0.497 e. The largest absolute Gasteiger partial charge is 0.497 e. The van der Waals surface area contributed by atoms with Gasteiger partial charge in [-0.1, -0.05) is 6.92 Å².